The average molecular weight is 297 g/mol. The number of halogens is 1. The van der Waals surface area contributed by atoms with Gasteiger partial charge in [0, 0.05) is 4.47 Å². The summed E-state index contributed by atoms with van der Waals surface area (Å²) in [7, 11) is 0. The summed E-state index contributed by atoms with van der Waals surface area (Å²) in [6.45, 7) is 0. The van der Waals surface area contributed by atoms with Crippen molar-refractivity contribution in [1.29, 1.82) is 0 Å². The second-order valence-electron chi connectivity index (χ2n) is 4.08. The minimum Gasteiger partial charge on any atom is -0.369 e. The highest BCUT2D eigenvalue weighted by Crippen LogP contribution is 2.50. The minimum absolute atomic E-state index is 0.245. The van der Waals surface area contributed by atoms with Crippen molar-refractivity contribution in [2.75, 3.05) is 0 Å². The highest BCUT2D eigenvalue weighted by Gasteiger charge is 2.52. The summed E-state index contributed by atoms with van der Waals surface area (Å²) in [5.74, 6) is -0.245. The summed E-state index contributed by atoms with van der Waals surface area (Å²) in [6, 6.07) is 5.93. The molecule has 16 heavy (non-hydrogen) atoms. The molecule has 1 saturated carbocycles. The van der Waals surface area contributed by atoms with Crippen molar-refractivity contribution in [1.82, 2.24) is 4.98 Å². The van der Waals surface area contributed by atoms with Crippen molar-refractivity contribution in [2.45, 2.75) is 18.3 Å². The van der Waals surface area contributed by atoms with Crippen LogP contribution in [0, 0.1) is 0 Å². The van der Waals surface area contributed by atoms with E-state index in [-0.39, 0.29) is 5.91 Å². The van der Waals surface area contributed by atoms with Gasteiger partial charge in [-0.2, -0.15) is 0 Å². The number of primary amides is 1. The number of carbonyl (C=O) groups excluding carboxylic acids is 1. The van der Waals surface area contributed by atoms with Crippen LogP contribution in [0.2, 0.25) is 0 Å². The largest absolute Gasteiger partial charge is 0.369 e. The van der Waals surface area contributed by atoms with Gasteiger partial charge in [-0.1, -0.05) is 15.9 Å². The quantitative estimate of drug-likeness (QED) is 0.926. The number of fused-ring (bicyclic) bond motifs is 1. The summed E-state index contributed by atoms with van der Waals surface area (Å²) >= 11 is 4.99. The molecule has 1 fully saturated rings. The van der Waals surface area contributed by atoms with Crippen LogP contribution in [0.3, 0.4) is 0 Å². The Morgan fingerprint density at radius 1 is 1.50 bits per heavy atom. The van der Waals surface area contributed by atoms with Crippen molar-refractivity contribution in [3.8, 4) is 0 Å². The van der Waals surface area contributed by atoms with Crippen LogP contribution in [-0.2, 0) is 10.2 Å². The minimum atomic E-state index is -0.462. The summed E-state index contributed by atoms with van der Waals surface area (Å²) in [4.78, 5) is 15.9. The molecule has 0 saturated heterocycles. The van der Waals surface area contributed by atoms with Crippen molar-refractivity contribution < 1.29 is 4.79 Å². The summed E-state index contributed by atoms with van der Waals surface area (Å²) < 4.78 is 2.12. The Labute approximate surface area is 105 Å². The van der Waals surface area contributed by atoms with Crippen LogP contribution >= 0.6 is 27.3 Å². The van der Waals surface area contributed by atoms with Crippen LogP contribution in [0.1, 0.15) is 17.8 Å². The smallest absolute Gasteiger partial charge is 0.230 e. The second kappa shape index (κ2) is 3.28. The lowest BCUT2D eigenvalue weighted by Crippen LogP contribution is -2.28. The zero-order valence-electron chi connectivity index (χ0n) is 8.37. The molecule has 1 heterocycles. The standard InChI is InChI=1S/C11H9BrN2OS/c12-6-1-2-7-8(5-6)16-10(14-7)11(3-4-11)9(13)15/h1-2,5H,3-4H2,(H2,13,15). The molecule has 82 valence electrons. The molecule has 1 amide bonds. The number of thiazole rings is 1. The van der Waals surface area contributed by atoms with Gasteiger partial charge in [-0.3, -0.25) is 4.79 Å². The number of hydrogen-bond donors (Lipinski definition) is 1. The molecule has 0 bridgehead atoms. The topological polar surface area (TPSA) is 56.0 Å². The fraction of sp³-hybridized carbons (Fsp3) is 0.273. The number of amides is 1. The van der Waals surface area contributed by atoms with E-state index in [4.69, 9.17) is 5.73 Å². The zero-order valence-corrected chi connectivity index (χ0v) is 10.8. The Morgan fingerprint density at radius 2 is 2.25 bits per heavy atom. The van der Waals surface area contributed by atoms with Crippen LogP contribution in [-0.4, -0.2) is 10.9 Å². The van der Waals surface area contributed by atoms with Gasteiger partial charge >= 0.3 is 0 Å². The molecule has 0 atom stereocenters. The fourth-order valence-corrected chi connectivity index (χ4v) is 3.56. The maximum Gasteiger partial charge on any atom is 0.230 e. The third kappa shape index (κ3) is 1.38. The molecule has 0 aliphatic heterocycles. The Hall–Kier alpha value is -0.940. The van der Waals surface area contributed by atoms with E-state index < -0.39 is 5.41 Å². The molecule has 5 heteroatoms. The van der Waals surface area contributed by atoms with Gasteiger partial charge < -0.3 is 5.73 Å². The molecule has 0 spiro atoms. The number of carbonyl (C=O) groups is 1. The van der Waals surface area contributed by atoms with E-state index in [0.717, 1.165) is 32.5 Å². The first-order chi connectivity index (χ1) is 7.62. The Balaban J connectivity index is 2.16. The van der Waals surface area contributed by atoms with Crippen LogP contribution in [0.4, 0.5) is 0 Å². The van der Waals surface area contributed by atoms with Crippen molar-refractivity contribution >= 4 is 43.4 Å². The highest BCUT2D eigenvalue weighted by atomic mass is 79.9. The van der Waals surface area contributed by atoms with Crippen LogP contribution < -0.4 is 5.73 Å². The highest BCUT2D eigenvalue weighted by molar-refractivity contribution is 9.10. The van der Waals surface area contributed by atoms with Gasteiger partial charge in [0.25, 0.3) is 0 Å². The molecule has 1 aliphatic carbocycles. The lowest BCUT2D eigenvalue weighted by atomic mass is 10.1. The van der Waals surface area contributed by atoms with Gasteiger partial charge in [0.05, 0.1) is 10.2 Å². The van der Waals surface area contributed by atoms with E-state index in [0.29, 0.717) is 0 Å². The molecule has 3 nitrogen and oxygen atoms in total. The fourth-order valence-electron chi connectivity index (χ4n) is 1.79. The lowest BCUT2D eigenvalue weighted by molar-refractivity contribution is -0.120. The van der Waals surface area contributed by atoms with E-state index >= 15 is 0 Å². The maximum atomic E-state index is 11.4. The van der Waals surface area contributed by atoms with E-state index in [9.17, 15) is 4.79 Å². The predicted molar refractivity (Wildman–Crippen MR) is 67.4 cm³/mol. The van der Waals surface area contributed by atoms with E-state index in [2.05, 4.69) is 20.9 Å². The monoisotopic (exact) mass is 296 g/mol. The number of nitrogens with zero attached hydrogens (tertiary/aromatic N) is 1. The Morgan fingerprint density at radius 3 is 2.88 bits per heavy atom. The normalized spacial score (nSPS) is 17.6. The third-order valence-corrected chi connectivity index (χ3v) is 4.70. The summed E-state index contributed by atoms with van der Waals surface area (Å²) in [5, 5.41) is 0.869. The van der Waals surface area contributed by atoms with Gasteiger partial charge in [0.15, 0.2) is 0 Å². The molecule has 0 radical (unpaired) electrons. The number of nitrogens with two attached hydrogens (primary N) is 1. The van der Waals surface area contributed by atoms with Crippen LogP contribution in [0.25, 0.3) is 10.2 Å². The van der Waals surface area contributed by atoms with Gasteiger partial charge in [-0.15, -0.1) is 11.3 Å². The molecule has 3 rings (SSSR count). The molecule has 0 unspecified atom stereocenters. The van der Waals surface area contributed by atoms with Crippen LogP contribution in [0.5, 0.6) is 0 Å². The number of benzene rings is 1. The maximum absolute atomic E-state index is 11.4. The van der Waals surface area contributed by atoms with Crippen molar-refractivity contribution in [3.63, 3.8) is 0 Å². The van der Waals surface area contributed by atoms with Gasteiger partial charge in [-0.25, -0.2) is 4.98 Å². The second-order valence-corrected chi connectivity index (χ2v) is 6.02. The SMILES string of the molecule is NC(=O)C1(c2nc3ccc(Br)cc3s2)CC1. The van der Waals surface area contributed by atoms with Crippen LogP contribution in [0.15, 0.2) is 22.7 Å². The molecule has 1 aromatic heterocycles. The first-order valence-corrected chi connectivity index (χ1v) is 6.59. The number of hydrogen-bond acceptors (Lipinski definition) is 3. The van der Waals surface area contributed by atoms with Crippen molar-refractivity contribution in [2.24, 2.45) is 5.73 Å². The number of rotatable bonds is 2. The molecule has 2 N–H and O–H groups in total. The Kier molecular flexibility index (Phi) is 2.09. The van der Waals surface area contributed by atoms with Gasteiger partial charge in [-0.05, 0) is 31.0 Å². The van der Waals surface area contributed by atoms with Gasteiger partial charge in [0.2, 0.25) is 5.91 Å². The Bertz CT molecular complexity index is 589. The predicted octanol–water partition coefficient (Wildman–Crippen LogP) is 2.58. The van der Waals surface area contributed by atoms with E-state index in [1.165, 1.54) is 0 Å². The zero-order chi connectivity index (χ0) is 11.3. The first kappa shape index (κ1) is 10.2. The summed E-state index contributed by atoms with van der Waals surface area (Å²) in [6.07, 6.45) is 1.67. The lowest BCUT2D eigenvalue weighted by Gasteiger charge is -2.04. The summed E-state index contributed by atoms with van der Waals surface area (Å²) in [5.41, 5.74) is 5.91. The molecule has 2 aromatic rings. The third-order valence-electron chi connectivity index (χ3n) is 2.98. The molecular weight excluding hydrogens is 288 g/mol. The van der Waals surface area contributed by atoms with E-state index in [1.807, 2.05) is 18.2 Å². The van der Waals surface area contributed by atoms with Crippen molar-refractivity contribution in [3.05, 3.63) is 27.7 Å². The average Bonchev–Trinajstić information content (AvgIpc) is 2.94. The first-order valence-electron chi connectivity index (χ1n) is 4.98. The molecule has 1 aromatic carbocycles. The molecule has 1 aliphatic rings. The molecular formula is C11H9BrN2OS. The number of aromatic nitrogens is 1. The van der Waals surface area contributed by atoms with E-state index in [1.54, 1.807) is 11.3 Å². The van der Waals surface area contributed by atoms with Gasteiger partial charge in [0.1, 0.15) is 10.4 Å².